The van der Waals surface area contributed by atoms with Crippen LogP contribution in [0.5, 0.6) is 0 Å². The van der Waals surface area contributed by atoms with E-state index in [4.69, 9.17) is 4.74 Å². The fraction of sp³-hybridized carbons (Fsp3) is 1.00. The van der Waals surface area contributed by atoms with Crippen LogP contribution in [0.4, 0.5) is 0 Å². The molecule has 0 aromatic carbocycles. The van der Waals surface area contributed by atoms with Crippen molar-refractivity contribution in [2.75, 3.05) is 33.4 Å². The van der Waals surface area contributed by atoms with Crippen LogP contribution in [-0.2, 0) is 4.74 Å². The second-order valence-electron chi connectivity index (χ2n) is 6.11. The van der Waals surface area contributed by atoms with Crippen molar-refractivity contribution < 1.29 is 4.74 Å². The van der Waals surface area contributed by atoms with Gasteiger partial charge in [-0.1, -0.05) is 20.8 Å². The van der Waals surface area contributed by atoms with E-state index in [9.17, 15) is 0 Å². The van der Waals surface area contributed by atoms with E-state index in [2.05, 4.69) is 45.0 Å². The molecule has 1 N–H and O–H groups in total. The highest BCUT2D eigenvalue weighted by Gasteiger charge is 2.30. The summed E-state index contributed by atoms with van der Waals surface area (Å²) < 4.78 is 5.73. The van der Waals surface area contributed by atoms with E-state index >= 15 is 0 Å². The number of likely N-dealkylation sites (tertiary alicyclic amines) is 1. The Morgan fingerprint density at radius 1 is 1.28 bits per heavy atom. The van der Waals surface area contributed by atoms with Crippen LogP contribution in [-0.4, -0.2) is 50.3 Å². The molecule has 3 atom stereocenters. The third-order valence-corrected chi connectivity index (χ3v) is 4.43. The predicted molar refractivity (Wildman–Crippen MR) is 77.9 cm³/mol. The van der Waals surface area contributed by atoms with Gasteiger partial charge >= 0.3 is 0 Å². The summed E-state index contributed by atoms with van der Waals surface area (Å²) in [4.78, 5) is 2.58. The molecule has 0 saturated carbocycles. The van der Waals surface area contributed by atoms with Gasteiger partial charge in [0.25, 0.3) is 0 Å². The van der Waals surface area contributed by atoms with Crippen molar-refractivity contribution in [3.8, 4) is 0 Å². The molecule has 3 unspecified atom stereocenters. The molecule has 0 aromatic rings. The lowest BCUT2D eigenvalue weighted by atomic mass is 9.87. The number of ether oxygens (including phenoxy) is 1. The first-order valence-electron chi connectivity index (χ1n) is 7.55. The number of nitrogens with zero attached hydrogens (tertiary/aromatic N) is 1. The lowest BCUT2D eigenvalue weighted by Gasteiger charge is -2.42. The van der Waals surface area contributed by atoms with Crippen molar-refractivity contribution in [3.63, 3.8) is 0 Å². The molecule has 3 heteroatoms. The van der Waals surface area contributed by atoms with Crippen LogP contribution in [0.2, 0.25) is 0 Å². The van der Waals surface area contributed by atoms with Gasteiger partial charge in [0.05, 0.1) is 6.61 Å². The molecule has 1 rings (SSSR count). The summed E-state index contributed by atoms with van der Waals surface area (Å²) in [6, 6.07) is 1.34. The van der Waals surface area contributed by atoms with Crippen LogP contribution < -0.4 is 5.32 Å². The van der Waals surface area contributed by atoms with E-state index in [0.717, 1.165) is 31.6 Å². The largest absolute Gasteiger partial charge is 0.380 e. The van der Waals surface area contributed by atoms with Crippen LogP contribution in [0.1, 0.15) is 40.5 Å². The fourth-order valence-electron chi connectivity index (χ4n) is 2.77. The van der Waals surface area contributed by atoms with Crippen molar-refractivity contribution in [1.29, 1.82) is 0 Å². The van der Waals surface area contributed by atoms with E-state index in [1.165, 1.54) is 19.4 Å². The Morgan fingerprint density at radius 3 is 2.61 bits per heavy atom. The van der Waals surface area contributed by atoms with Gasteiger partial charge < -0.3 is 10.1 Å². The Labute approximate surface area is 113 Å². The third kappa shape index (κ3) is 4.87. The minimum atomic E-state index is 0.657. The van der Waals surface area contributed by atoms with Gasteiger partial charge in [0.1, 0.15) is 0 Å². The van der Waals surface area contributed by atoms with Crippen molar-refractivity contribution in [2.24, 2.45) is 11.8 Å². The maximum Gasteiger partial charge on any atom is 0.0593 e. The zero-order valence-electron chi connectivity index (χ0n) is 12.9. The predicted octanol–water partition coefficient (Wildman–Crippen LogP) is 2.37. The highest BCUT2D eigenvalue weighted by Crippen LogP contribution is 2.22. The van der Waals surface area contributed by atoms with Crippen molar-refractivity contribution in [3.05, 3.63) is 0 Å². The monoisotopic (exact) mass is 256 g/mol. The van der Waals surface area contributed by atoms with E-state index in [-0.39, 0.29) is 0 Å². The number of hydrogen-bond donors (Lipinski definition) is 1. The van der Waals surface area contributed by atoms with Crippen LogP contribution in [0.15, 0.2) is 0 Å². The van der Waals surface area contributed by atoms with E-state index in [1.807, 2.05) is 0 Å². The lowest BCUT2D eigenvalue weighted by molar-refractivity contribution is 0.0433. The standard InChI is InChI=1S/C15H32N2O/c1-12(2)7-10-18-11-9-17-8-6-15(16-5)13(3)14(17)4/h12-16H,6-11H2,1-5H3. The maximum absolute atomic E-state index is 5.73. The molecule has 1 heterocycles. The Kier molecular flexibility index (Phi) is 7.20. The number of piperidine rings is 1. The summed E-state index contributed by atoms with van der Waals surface area (Å²) in [5.41, 5.74) is 0. The molecule has 0 radical (unpaired) electrons. The number of rotatable bonds is 7. The third-order valence-electron chi connectivity index (χ3n) is 4.43. The first-order valence-corrected chi connectivity index (χ1v) is 7.55. The Morgan fingerprint density at radius 2 is 2.00 bits per heavy atom. The number of hydrogen-bond acceptors (Lipinski definition) is 3. The second kappa shape index (κ2) is 8.13. The highest BCUT2D eigenvalue weighted by atomic mass is 16.5. The summed E-state index contributed by atoms with van der Waals surface area (Å²) in [7, 11) is 2.08. The molecule has 0 amide bonds. The zero-order valence-corrected chi connectivity index (χ0v) is 12.9. The topological polar surface area (TPSA) is 24.5 Å². The molecule has 1 aliphatic heterocycles. The van der Waals surface area contributed by atoms with Gasteiger partial charge in [-0.05, 0) is 38.6 Å². The highest BCUT2D eigenvalue weighted by molar-refractivity contribution is 4.87. The average molecular weight is 256 g/mol. The summed E-state index contributed by atoms with van der Waals surface area (Å²) in [5, 5.41) is 3.44. The van der Waals surface area contributed by atoms with E-state index < -0.39 is 0 Å². The molecule has 0 aromatic heterocycles. The van der Waals surface area contributed by atoms with Gasteiger partial charge in [0, 0.05) is 31.8 Å². The molecular formula is C15H32N2O. The van der Waals surface area contributed by atoms with Gasteiger partial charge in [0.2, 0.25) is 0 Å². The molecule has 1 fully saturated rings. The summed E-state index contributed by atoms with van der Waals surface area (Å²) in [6.45, 7) is 13.3. The zero-order chi connectivity index (χ0) is 13.5. The van der Waals surface area contributed by atoms with Gasteiger partial charge in [-0.25, -0.2) is 0 Å². The van der Waals surface area contributed by atoms with Gasteiger partial charge in [-0.15, -0.1) is 0 Å². The fourth-order valence-corrected chi connectivity index (χ4v) is 2.77. The van der Waals surface area contributed by atoms with Crippen LogP contribution in [0, 0.1) is 11.8 Å². The van der Waals surface area contributed by atoms with E-state index in [0.29, 0.717) is 12.1 Å². The average Bonchev–Trinajstić information content (AvgIpc) is 2.33. The van der Waals surface area contributed by atoms with Crippen LogP contribution in [0.25, 0.3) is 0 Å². The summed E-state index contributed by atoms with van der Waals surface area (Å²) >= 11 is 0. The minimum absolute atomic E-state index is 0.657. The molecule has 3 nitrogen and oxygen atoms in total. The van der Waals surface area contributed by atoms with Gasteiger partial charge in [-0.2, -0.15) is 0 Å². The van der Waals surface area contributed by atoms with Crippen molar-refractivity contribution in [1.82, 2.24) is 10.2 Å². The first kappa shape index (κ1) is 15.9. The minimum Gasteiger partial charge on any atom is -0.380 e. The van der Waals surface area contributed by atoms with Gasteiger partial charge in [-0.3, -0.25) is 4.90 Å². The Balaban J connectivity index is 2.19. The molecule has 18 heavy (non-hydrogen) atoms. The SMILES string of the molecule is CNC1CCN(CCOCCC(C)C)C(C)C1C. The second-order valence-corrected chi connectivity index (χ2v) is 6.11. The van der Waals surface area contributed by atoms with Crippen molar-refractivity contribution >= 4 is 0 Å². The van der Waals surface area contributed by atoms with E-state index in [1.54, 1.807) is 0 Å². The molecule has 0 bridgehead atoms. The first-order chi connectivity index (χ1) is 8.56. The normalized spacial score (nSPS) is 30.0. The Hall–Kier alpha value is -0.120. The quantitative estimate of drug-likeness (QED) is 0.708. The van der Waals surface area contributed by atoms with Crippen LogP contribution in [0.3, 0.4) is 0 Å². The van der Waals surface area contributed by atoms with Crippen LogP contribution >= 0.6 is 0 Å². The lowest BCUT2D eigenvalue weighted by Crippen LogP contribution is -2.53. The van der Waals surface area contributed by atoms with Crippen molar-refractivity contribution in [2.45, 2.75) is 52.6 Å². The molecule has 108 valence electrons. The smallest absolute Gasteiger partial charge is 0.0593 e. The molecule has 1 saturated heterocycles. The molecular weight excluding hydrogens is 224 g/mol. The van der Waals surface area contributed by atoms with Gasteiger partial charge in [0.15, 0.2) is 0 Å². The molecule has 0 spiro atoms. The molecule has 1 aliphatic rings. The maximum atomic E-state index is 5.73. The summed E-state index contributed by atoms with van der Waals surface area (Å²) in [5.74, 6) is 1.47. The Bertz CT molecular complexity index is 221. The number of nitrogens with one attached hydrogen (secondary N) is 1. The molecule has 0 aliphatic carbocycles. The summed E-state index contributed by atoms with van der Waals surface area (Å²) in [6.07, 6.45) is 2.43.